The van der Waals surface area contributed by atoms with Crippen LogP contribution in [0.5, 0.6) is 0 Å². The van der Waals surface area contributed by atoms with Crippen LogP contribution in [0.3, 0.4) is 0 Å². The molecular weight excluding hydrogens is 404 g/mol. The van der Waals surface area contributed by atoms with Crippen molar-refractivity contribution in [3.63, 3.8) is 0 Å². The minimum atomic E-state index is -1.24. The van der Waals surface area contributed by atoms with Crippen molar-refractivity contribution in [2.24, 2.45) is 5.92 Å². The van der Waals surface area contributed by atoms with Gasteiger partial charge in [0.15, 0.2) is 0 Å². The smallest absolute Gasteiger partial charge is 0.424 e. The zero-order valence-corrected chi connectivity index (χ0v) is 18.0. The molecule has 3 N–H and O–H groups in total. The third-order valence-electron chi connectivity index (χ3n) is 5.48. The monoisotopic (exact) mass is 433 g/mol. The van der Waals surface area contributed by atoms with Crippen LogP contribution in [-0.2, 0) is 14.4 Å². The van der Waals surface area contributed by atoms with Crippen LogP contribution in [0.1, 0.15) is 49.2 Å². The van der Waals surface area contributed by atoms with Gasteiger partial charge in [-0.3, -0.25) is 19.9 Å². The van der Waals surface area contributed by atoms with E-state index in [2.05, 4.69) is 15.6 Å². The first-order chi connectivity index (χ1) is 14.6. The van der Waals surface area contributed by atoms with Crippen molar-refractivity contribution in [3.05, 3.63) is 29.6 Å². The molecule has 1 aromatic heterocycles. The minimum Gasteiger partial charge on any atom is -0.481 e. The summed E-state index contributed by atoms with van der Waals surface area (Å²) in [5.41, 5.74) is 0.848. The average Bonchev–Trinajstić information content (AvgIpc) is 3.21. The number of carbonyl (C=O) groups excluding carboxylic acids is 4. The molecule has 10 heteroatoms. The highest BCUT2D eigenvalue weighted by atomic mass is 16.4. The van der Waals surface area contributed by atoms with Gasteiger partial charge in [-0.2, -0.15) is 4.48 Å². The number of rotatable bonds is 8. The molecule has 0 unspecified atom stereocenters. The number of amides is 4. The van der Waals surface area contributed by atoms with Gasteiger partial charge in [-0.25, -0.2) is 9.59 Å². The highest BCUT2D eigenvalue weighted by Crippen LogP contribution is 2.24. The lowest BCUT2D eigenvalue weighted by molar-refractivity contribution is -0.761. The highest BCUT2D eigenvalue weighted by molar-refractivity contribution is 5.98. The Labute approximate surface area is 180 Å². The Morgan fingerprint density at radius 3 is 2.35 bits per heavy atom. The van der Waals surface area contributed by atoms with E-state index in [0.717, 1.165) is 0 Å². The Kier molecular flexibility index (Phi) is 7.98. The normalized spacial score (nSPS) is 16.9. The predicted molar refractivity (Wildman–Crippen MR) is 110 cm³/mol. The second-order valence-corrected chi connectivity index (χ2v) is 8.08. The SMILES string of the molecule is Cc1ncccc1C(=O)N[C@H](C(=O)[N+]1(C(=O)N[C@H](C=O)CC(=O)O)CCCC1)C(C)C. The van der Waals surface area contributed by atoms with E-state index in [1.54, 1.807) is 39.1 Å². The van der Waals surface area contributed by atoms with Gasteiger partial charge >= 0.3 is 17.9 Å². The Morgan fingerprint density at radius 1 is 1.19 bits per heavy atom. The van der Waals surface area contributed by atoms with Crippen molar-refractivity contribution in [2.75, 3.05) is 13.1 Å². The average molecular weight is 433 g/mol. The molecule has 0 aliphatic carbocycles. The molecule has 1 saturated heterocycles. The minimum absolute atomic E-state index is 0.217. The number of carbonyl (C=O) groups is 5. The van der Waals surface area contributed by atoms with Crippen LogP contribution >= 0.6 is 0 Å². The molecule has 1 aliphatic rings. The number of imide groups is 1. The summed E-state index contributed by atoms with van der Waals surface area (Å²) in [4.78, 5) is 65.7. The van der Waals surface area contributed by atoms with Crippen LogP contribution in [0.4, 0.5) is 4.79 Å². The number of aromatic nitrogens is 1. The fraction of sp³-hybridized carbons (Fsp3) is 0.524. The van der Waals surface area contributed by atoms with Crippen molar-refractivity contribution < 1.29 is 33.6 Å². The molecule has 2 heterocycles. The first-order valence-electron chi connectivity index (χ1n) is 10.2. The standard InChI is InChI=1S/C21H28N4O6/c1-13(2)18(24-19(29)16-7-6-8-22-14(16)3)20(30)25(9-4-5-10-25)21(31)23-15(12-26)11-17(27)28/h6-8,12-13,15,18H,4-5,9-11H2,1-3H3,(H2-,23,24,27,28,29,31)/p+1/t15-,18-/m0/s1. The van der Waals surface area contributed by atoms with Gasteiger partial charge in [0, 0.05) is 24.7 Å². The molecule has 0 aromatic carbocycles. The van der Waals surface area contributed by atoms with Gasteiger partial charge in [-0.05, 0) is 25.0 Å². The summed E-state index contributed by atoms with van der Waals surface area (Å²) in [5.74, 6) is -2.50. The number of urea groups is 1. The van der Waals surface area contributed by atoms with E-state index in [4.69, 9.17) is 5.11 Å². The number of pyridine rings is 1. The van der Waals surface area contributed by atoms with Crippen LogP contribution in [0.25, 0.3) is 0 Å². The third kappa shape index (κ3) is 5.52. The van der Waals surface area contributed by atoms with Crippen LogP contribution in [0.15, 0.2) is 18.3 Å². The molecule has 2 atom stereocenters. The van der Waals surface area contributed by atoms with Crippen LogP contribution in [0, 0.1) is 12.8 Å². The summed E-state index contributed by atoms with van der Waals surface area (Å²) in [6.07, 6.45) is 2.56. The summed E-state index contributed by atoms with van der Waals surface area (Å²) in [7, 11) is 0. The Balaban J connectivity index is 2.28. The second kappa shape index (κ2) is 10.3. The van der Waals surface area contributed by atoms with E-state index in [1.807, 2.05) is 0 Å². The van der Waals surface area contributed by atoms with Gasteiger partial charge in [-0.15, -0.1) is 0 Å². The van der Waals surface area contributed by atoms with Gasteiger partial charge in [0.25, 0.3) is 5.91 Å². The van der Waals surface area contributed by atoms with Crippen molar-refractivity contribution in [1.82, 2.24) is 15.6 Å². The molecule has 2 rings (SSSR count). The number of aryl methyl sites for hydroxylation is 1. The van der Waals surface area contributed by atoms with Crippen LogP contribution < -0.4 is 10.6 Å². The molecule has 168 valence electrons. The van der Waals surface area contributed by atoms with Gasteiger partial charge < -0.3 is 15.2 Å². The van der Waals surface area contributed by atoms with E-state index >= 15 is 0 Å². The Morgan fingerprint density at radius 2 is 1.84 bits per heavy atom. The fourth-order valence-electron chi connectivity index (χ4n) is 3.73. The maximum Gasteiger partial charge on any atom is 0.424 e. The van der Waals surface area contributed by atoms with Crippen LogP contribution in [0.2, 0.25) is 0 Å². The fourth-order valence-corrected chi connectivity index (χ4v) is 3.73. The molecule has 31 heavy (non-hydrogen) atoms. The molecule has 0 saturated carbocycles. The number of quaternary nitrogens is 1. The first kappa shape index (κ1) is 24.1. The van der Waals surface area contributed by atoms with Crippen molar-refractivity contribution >= 4 is 30.1 Å². The summed E-state index contributed by atoms with van der Waals surface area (Å²) >= 11 is 0. The summed E-state index contributed by atoms with van der Waals surface area (Å²) in [6, 6.07) is 0.312. The summed E-state index contributed by atoms with van der Waals surface area (Å²) in [5, 5.41) is 14.1. The number of carboxylic acid groups (broad SMARTS) is 1. The van der Waals surface area contributed by atoms with Crippen LogP contribution in [-0.4, -0.2) is 69.8 Å². The van der Waals surface area contributed by atoms with E-state index in [1.165, 1.54) is 0 Å². The molecule has 0 radical (unpaired) electrons. The number of nitrogens with zero attached hydrogens (tertiary/aromatic N) is 2. The summed E-state index contributed by atoms with van der Waals surface area (Å²) in [6.45, 7) is 5.65. The molecular formula is C21H29N4O6+. The van der Waals surface area contributed by atoms with E-state index in [-0.39, 0.29) is 19.0 Å². The van der Waals surface area contributed by atoms with Crippen molar-refractivity contribution in [3.8, 4) is 0 Å². The van der Waals surface area contributed by atoms with Crippen molar-refractivity contribution in [1.29, 1.82) is 0 Å². The van der Waals surface area contributed by atoms with Gasteiger partial charge in [0.1, 0.15) is 18.4 Å². The first-order valence-corrected chi connectivity index (χ1v) is 10.2. The third-order valence-corrected chi connectivity index (χ3v) is 5.48. The zero-order valence-electron chi connectivity index (χ0n) is 18.0. The second-order valence-electron chi connectivity index (χ2n) is 8.08. The lowest BCUT2D eigenvalue weighted by atomic mass is 10.0. The largest absolute Gasteiger partial charge is 0.481 e. The molecule has 4 amide bonds. The van der Waals surface area contributed by atoms with Gasteiger partial charge in [-0.1, -0.05) is 13.8 Å². The number of nitrogens with one attached hydrogen (secondary N) is 2. The number of carboxylic acids is 1. The number of hydrogen-bond acceptors (Lipinski definition) is 6. The predicted octanol–water partition coefficient (Wildman–Crippen LogP) is 1.03. The summed E-state index contributed by atoms with van der Waals surface area (Å²) < 4.78 is -0.584. The molecule has 0 bridgehead atoms. The maximum atomic E-state index is 13.6. The van der Waals surface area contributed by atoms with Gasteiger partial charge in [0.05, 0.1) is 25.1 Å². The Hall–Kier alpha value is -3.14. The molecule has 1 fully saturated rings. The van der Waals surface area contributed by atoms with Crippen molar-refractivity contribution in [2.45, 2.75) is 52.1 Å². The van der Waals surface area contributed by atoms with Gasteiger partial charge in [0.2, 0.25) is 0 Å². The van der Waals surface area contributed by atoms with E-state index < -0.39 is 46.8 Å². The molecule has 1 aromatic rings. The van der Waals surface area contributed by atoms with E-state index in [9.17, 15) is 24.0 Å². The number of aliphatic carboxylic acids is 1. The zero-order chi connectivity index (χ0) is 23.2. The lowest BCUT2D eigenvalue weighted by Crippen LogP contribution is -2.66. The maximum absolute atomic E-state index is 13.6. The molecule has 0 spiro atoms. The molecule has 10 nitrogen and oxygen atoms in total. The Bertz CT molecular complexity index is 863. The number of hydrogen-bond donors (Lipinski definition) is 3. The quantitative estimate of drug-likeness (QED) is 0.410. The highest BCUT2D eigenvalue weighted by Gasteiger charge is 2.51. The number of likely N-dealkylation sites (tertiary alicyclic amines) is 1. The number of aldehydes is 1. The van der Waals surface area contributed by atoms with E-state index in [0.29, 0.717) is 30.4 Å². The lowest BCUT2D eigenvalue weighted by Gasteiger charge is -2.33. The molecule has 1 aliphatic heterocycles. The topological polar surface area (TPSA) is 143 Å².